The number of hydrogen-bond donors (Lipinski definition) is 1. The third-order valence-corrected chi connectivity index (χ3v) is 3.41. The van der Waals surface area contributed by atoms with Gasteiger partial charge in [-0.05, 0) is 24.3 Å². The number of ether oxygens (including phenoxy) is 1. The molecule has 0 saturated heterocycles. The van der Waals surface area contributed by atoms with Crippen molar-refractivity contribution in [3.05, 3.63) is 69.7 Å². The number of halogens is 3. The van der Waals surface area contributed by atoms with Crippen molar-refractivity contribution in [2.75, 3.05) is 6.61 Å². The fourth-order valence-electron chi connectivity index (χ4n) is 1.75. The maximum Gasteiger partial charge on any atom is 0.341 e. The highest BCUT2D eigenvalue weighted by molar-refractivity contribution is 9.10. The molecule has 0 unspecified atom stereocenters. The van der Waals surface area contributed by atoms with E-state index in [-0.39, 0.29) is 12.1 Å². The van der Waals surface area contributed by atoms with Gasteiger partial charge in [0.25, 0.3) is 5.91 Å². The van der Waals surface area contributed by atoms with Crippen LogP contribution < -0.4 is 5.32 Å². The second-order valence-electron chi connectivity index (χ2n) is 4.57. The predicted octanol–water partition coefficient (Wildman–Crippen LogP) is 3.20. The van der Waals surface area contributed by atoms with E-state index in [1.54, 1.807) is 6.07 Å². The lowest BCUT2D eigenvalue weighted by atomic mass is 10.2. The van der Waals surface area contributed by atoms with Crippen LogP contribution in [0.25, 0.3) is 0 Å². The lowest BCUT2D eigenvalue weighted by molar-refractivity contribution is -0.124. The summed E-state index contributed by atoms with van der Waals surface area (Å²) in [5, 5.41) is 2.41. The van der Waals surface area contributed by atoms with E-state index in [2.05, 4.69) is 21.2 Å². The molecule has 2 rings (SSSR count). The summed E-state index contributed by atoms with van der Waals surface area (Å²) in [7, 11) is 0. The number of carbonyl (C=O) groups excluding carboxylic acids is 2. The zero-order valence-electron chi connectivity index (χ0n) is 11.8. The number of rotatable bonds is 5. The smallest absolute Gasteiger partial charge is 0.341 e. The first-order valence-corrected chi connectivity index (χ1v) is 7.39. The maximum absolute atomic E-state index is 13.5. The van der Waals surface area contributed by atoms with Gasteiger partial charge in [-0.1, -0.05) is 34.1 Å². The van der Waals surface area contributed by atoms with Gasteiger partial charge in [0.15, 0.2) is 6.61 Å². The van der Waals surface area contributed by atoms with Crippen molar-refractivity contribution in [1.29, 1.82) is 0 Å². The van der Waals surface area contributed by atoms with Crippen LogP contribution in [0.4, 0.5) is 8.78 Å². The Morgan fingerprint density at radius 2 is 1.83 bits per heavy atom. The molecule has 0 aromatic heterocycles. The van der Waals surface area contributed by atoms with Crippen molar-refractivity contribution in [2.24, 2.45) is 0 Å². The van der Waals surface area contributed by atoms with E-state index in [4.69, 9.17) is 4.74 Å². The molecule has 0 aliphatic carbocycles. The van der Waals surface area contributed by atoms with Crippen molar-refractivity contribution >= 4 is 27.8 Å². The van der Waals surface area contributed by atoms with Crippen LogP contribution in [-0.4, -0.2) is 18.5 Å². The van der Waals surface area contributed by atoms with Gasteiger partial charge >= 0.3 is 5.97 Å². The number of benzene rings is 2. The van der Waals surface area contributed by atoms with E-state index in [1.807, 2.05) is 0 Å². The molecule has 0 spiro atoms. The van der Waals surface area contributed by atoms with E-state index >= 15 is 0 Å². The molecule has 1 amide bonds. The maximum atomic E-state index is 13.5. The highest BCUT2D eigenvalue weighted by Crippen LogP contribution is 2.16. The Labute approximate surface area is 139 Å². The van der Waals surface area contributed by atoms with E-state index in [1.165, 1.54) is 30.3 Å². The topological polar surface area (TPSA) is 55.4 Å². The Morgan fingerprint density at radius 1 is 1.09 bits per heavy atom. The summed E-state index contributed by atoms with van der Waals surface area (Å²) in [5.41, 5.74) is 0.0338. The third kappa shape index (κ3) is 4.85. The molecule has 0 saturated carbocycles. The summed E-state index contributed by atoms with van der Waals surface area (Å²) in [6.45, 7) is -0.618. The van der Waals surface area contributed by atoms with Gasteiger partial charge in [-0.25, -0.2) is 13.6 Å². The van der Waals surface area contributed by atoms with Crippen LogP contribution in [-0.2, 0) is 16.1 Å². The molecular formula is C16H12BrF2NO3. The Balaban J connectivity index is 1.86. The van der Waals surface area contributed by atoms with Crippen LogP contribution in [0.1, 0.15) is 15.9 Å². The molecule has 23 heavy (non-hydrogen) atoms. The summed E-state index contributed by atoms with van der Waals surface area (Å²) in [4.78, 5) is 23.3. The standard InChI is InChI=1S/C16H12BrF2NO3/c17-11-5-6-14(19)12(7-11)16(22)23-9-15(21)20-8-10-3-1-2-4-13(10)18/h1-7H,8-9H2,(H,20,21). The van der Waals surface area contributed by atoms with Gasteiger partial charge in [-0.15, -0.1) is 0 Å². The molecule has 0 aliphatic heterocycles. The van der Waals surface area contributed by atoms with Gasteiger partial charge in [0.05, 0.1) is 5.56 Å². The first-order chi connectivity index (χ1) is 11.0. The number of esters is 1. The molecule has 2 aromatic carbocycles. The molecule has 120 valence electrons. The van der Waals surface area contributed by atoms with Crippen molar-refractivity contribution < 1.29 is 23.1 Å². The summed E-state index contributed by atoms with van der Waals surface area (Å²) in [6, 6.07) is 9.78. The van der Waals surface area contributed by atoms with Gasteiger partial charge in [-0.2, -0.15) is 0 Å². The summed E-state index contributed by atoms with van der Waals surface area (Å²) in [6.07, 6.45) is 0. The fourth-order valence-corrected chi connectivity index (χ4v) is 2.11. The average Bonchev–Trinajstić information content (AvgIpc) is 2.54. The van der Waals surface area contributed by atoms with E-state index < -0.39 is 30.1 Å². The molecule has 7 heteroatoms. The van der Waals surface area contributed by atoms with Gasteiger partial charge in [0.1, 0.15) is 11.6 Å². The van der Waals surface area contributed by atoms with Gasteiger partial charge in [0.2, 0.25) is 0 Å². The Morgan fingerprint density at radius 3 is 2.57 bits per heavy atom. The van der Waals surface area contributed by atoms with Crippen LogP contribution in [0.15, 0.2) is 46.9 Å². The highest BCUT2D eigenvalue weighted by Gasteiger charge is 2.15. The highest BCUT2D eigenvalue weighted by atomic mass is 79.9. The van der Waals surface area contributed by atoms with Crippen LogP contribution in [0.2, 0.25) is 0 Å². The Bertz CT molecular complexity index is 737. The minimum Gasteiger partial charge on any atom is -0.452 e. The van der Waals surface area contributed by atoms with E-state index in [0.717, 1.165) is 6.07 Å². The second-order valence-corrected chi connectivity index (χ2v) is 5.48. The number of hydrogen-bond acceptors (Lipinski definition) is 3. The molecule has 0 atom stereocenters. The molecular weight excluding hydrogens is 372 g/mol. The second kappa shape index (κ2) is 7.82. The van der Waals surface area contributed by atoms with Crippen molar-refractivity contribution in [2.45, 2.75) is 6.54 Å². The number of amides is 1. The molecule has 0 aliphatic rings. The zero-order valence-corrected chi connectivity index (χ0v) is 13.4. The van der Waals surface area contributed by atoms with Crippen LogP contribution in [0.3, 0.4) is 0 Å². The first-order valence-electron chi connectivity index (χ1n) is 6.59. The molecule has 0 fully saturated rings. The number of carbonyl (C=O) groups is 2. The lowest BCUT2D eigenvalue weighted by Crippen LogP contribution is -2.28. The van der Waals surface area contributed by atoms with Crippen molar-refractivity contribution in [3.63, 3.8) is 0 Å². The molecule has 1 N–H and O–H groups in total. The normalized spacial score (nSPS) is 10.2. The van der Waals surface area contributed by atoms with Crippen molar-refractivity contribution in [3.8, 4) is 0 Å². The summed E-state index contributed by atoms with van der Waals surface area (Å²) in [5.74, 6) is -2.76. The third-order valence-electron chi connectivity index (χ3n) is 2.92. The van der Waals surface area contributed by atoms with E-state index in [0.29, 0.717) is 10.0 Å². The van der Waals surface area contributed by atoms with E-state index in [9.17, 15) is 18.4 Å². The van der Waals surface area contributed by atoms with Crippen LogP contribution in [0.5, 0.6) is 0 Å². The minimum absolute atomic E-state index is 0.0334. The van der Waals surface area contributed by atoms with Gasteiger partial charge in [0, 0.05) is 16.6 Å². The summed E-state index contributed by atoms with van der Waals surface area (Å²) >= 11 is 3.11. The van der Waals surface area contributed by atoms with Crippen LogP contribution >= 0.6 is 15.9 Å². The largest absolute Gasteiger partial charge is 0.452 e. The quantitative estimate of drug-likeness (QED) is 0.806. The first kappa shape index (κ1) is 17.1. The summed E-state index contributed by atoms with van der Waals surface area (Å²) < 4.78 is 32.1. The van der Waals surface area contributed by atoms with Crippen molar-refractivity contribution in [1.82, 2.24) is 5.32 Å². The van der Waals surface area contributed by atoms with Gasteiger partial charge < -0.3 is 10.1 Å². The Hall–Kier alpha value is -2.28. The van der Waals surface area contributed by atoms with Gasteiger partial charge in [-0.3, -0.25) is 4.79 Å². The predicted molar refractivity (Wildman–Crippen MR) is 82.6 cm³/mol. The monoisotopic (exact) mass is 383 g/mol. The SMILES string of the molecule is O=C(COC(=O)c1cc(Br)ccc1F)NCc1ccccc1F. The number of nitrogens with one attached hydrogen (secondary N) is 1. The van der Waals surface area contributed by atoms with Crippen LogP contribution in [0, 0.1) is 11.6 Å². The lowest BCUT2D eigenvalue weighted by Gasteiger charge is -2.08. The molecule has 0 radical (unpaired) electrons. The average molecular weight is 384 g/mol. The molecule has 0 bridgehead atoms. The molecule has 0 heterocycles. The fraction of sp³-hybridized carbons (Fsp3) is 0.125. The minimum atomic E-state index is -0.954. The molecule has 4 nitrogen and oxygen atoms in total. The molecule has 2 aromatic rings. The zero-order chi connectivity index (χ0) is 16.8. The Kier molecular flexibility index (Phi) is 5.81.